The Kier molecular flexibility index (Phi) is 5.13. The van der Waals surface area contributed by atoms with Crippen molar-refractivity contribution in [2.75, 3.05) is 11.9 Å². The molecular weight excluding hydrogens is 289 g/mol. The molecule has 116 valence electrons. The molecule has 1 aromatic carbocycles. The number of hydrogen-bond donors (Lipinski definition) is 3. The molecule has 0 bridgehead atoms. The van der Waals surface area contributed by atoms with E-state index in [-0.39, 0.29) is 18.9 Å². The number of urea groups is 1. The minimum Gasteiger partial charge on any atom is -0.467 e. The second-order valence-electron chi connectivity index (χ2n) is 4.63. The standard InChI is InChI=1S/C15H16FN3O3/c1-10-4-5-11(7-13(10)16)17-9-14(20)19-15(21)18-8-12-3-2-6-22-12/h2-7,17H,8-9H2,1H3,(H2,18,19,20,21). The molecule has 1 heterocycles. The van der Waals surface area contributed by atoms with E-state index in [1.807, 2.05) is 0 Å². The van der Waals surface area contributed by atoms with Crippen LogP contribution < -0.4 is 16.0 Å². The topological polar surface area (TPSA) is 83.4 Å². The second-order valence-corrected chi connectivity index (χ2v) is 4.63. The molecule has 0 aliphatic rings. The number of furan rings is 1. The summed E-state index contributed by atoms with van der Waals surface area (Å²) >= 11 is 0. The van der Waals surface area contributed by atoms with Crippen LogP contribution in [0.3, 0.4) is 0 Å². The Morgan fingerprint density at radius 2 is 2.09 bits per heavy atom. The number of rotatable bonds is 5. The fraction of sp³-hybridized carbons (Fsp3) is 0.200. The van der Waals surface area contributed by atoms with Crippen molar-refractivity contribution in [3.63, 3.8) is 0 Å². The molecular formula is C15H16FN3O3. The minimum atomic E-state index is -0.627. The summed E-state index contributed by atoms with van der Waals surface area (Å²) in [5.74, 6) is -0.310. The smallest absolute Gasteiger partial charge is 0.321 e. The number of hydrogen-bond acceptors (Lipinski definition) is 4. The van der Waals surface area contributed by atoms with Crippen molar-refractivity contribution in [3.05, 3.63) is 53.7 Å². The number of carbonyl (C=O) groups excluding carboxylic acids is 2. The SMILES string of the molecule is Cc1ccc(NCC(=O)NC(=O)NCc2ccco2)cc1F. The normalized spacial score (nSPS) is 10.1. The van der Waals surface area contributed by atoms with Gasteiger partial charge in [0.2, 0.25) is 5.91 Å². The first-order chi connectivity index (χ1) is 10.5. The van der Waals surface area contributed by atoms with Gasteiger partial charge in [0.15, 0.2) is 0 Å². The Morgan fingerprint density at radius 3 is 2.77 bits per heavy atom. The number of nitrogens with one attached hydrogen (secondary N) is 3. The molecule has 7 heteroatoms. The summed E-state index contributed by atoms with van der Waals surface area (Å²) in [6, 6.07) is 7.33. The number of amides is 3. The molecule has 0 aliphatic carbocycles. The van der Waals surface area contributed by atoms with Gasteiger partial charge in [-0.15, -0.1) is 0 Å². The van der Waals surface area contributed by atoms with Crippen molar-refractivity contribution in [2.45, 2.75) is 13.5 Å². The number of halogens is 1. The summed E-state index contributed by atoms with van der Waals surface area (Å²) in [6.45, 7) is 1.69. The molecule has 0 radical (unpaired) electrons. The Hall–Kier alpha value is -2.83. The molecule has 0 atom stereocenters. The van der Waals surface area contributed by atoms with Crippen LogP contribution >= 0.6 is 0 Å². The number of anilines is 1. The first-order valence-corrected chi connectivity index (χ1v) is 6.64. The molecule has 0 spiro atoms. The zero-order valence-corrected chi connectivity index (χ0v) is 12.0. The van der Waals surface area contributed by atoms with Gasteiger partial charge >= 0.3 is 6.03 Å². The molecule has 2 rings (SSSR count). The zero-order valence-electron chi connectivity index (χ0n) is 12.0. The number of imide groups is 1. The third-order valence-electron chi connectivity index (χ3n) is 2.88. The van der Waals surface area contributed by atoms with Crippen LogP contribution in [0.15, 0.2) is 41.0 Å². The average molecular weight is 305 g/mol. The predicted octanol–water partition coefficient (Wildman–Crippen LogP) is 2.17. The van der Waals surface area contributed by atoms with Crippen LogP contribution in [0.4, 0.5) is 14.9 Å². The highest BCUT2D eigenvalue weighted by molar-refractivity contribution is 5.96. The lowest BCUT2D eigenvalue weighted by Gasteiger charge is -2.08. The maximum atomic E-state index is 13.3. The van der Waals surface area contributed by atoms with Gasteiger partial charge in [0.05, 0.1) is 19.4 Å². The van der Waals surface area contributed by atoms with Crippen molar-refractivity contribution in [1.29, 1.82) is 0 Å². The van der Waals surface area contributed by atoms with E-state index < -0.39 is 11.9 Å². The summed E-state index contributed by atoms with van der Waals surface area (Å²) in [5, 5.41) is 7.37. The molecule has 2 aromatic rings. The van der Waals surface area contributed by atoms with E-state index in [1.54, 1.807) is 31.2 Å². The van der Waals surface area contributed by atoms with E-state index in [9.17, 15) is 14.0 Å². The third kappa shape index (κ3) is 4.62. The Labute approximate surface area is 126 Å². The summed E-state index contributed by atoms with van der Waals surface area (Å²) in [4.78, 5) is 23.1. The number of carbonyl (C=O) groups is 2. The average Bonchev–Trinajstić information content (AvgIpc) is 3.00. The van der Waals surface area contributed by atoms with Gasteiger partial charge in [0, 0.05) is 5.69 Å². The number of aryl methyl sites for hydroxylation is 1. The van der Waals surface area contributed by atoms with Gasteiger partial charge in [-0.3, -0.25) is 10.1 Å². The largest absolute Gasteiger partial charge is 0.467 e. The molecule has 0 aliphatic heterocycles. The Morgan fingerprint density at radius 1 is 1.27 bits per heavy atom. The van der Waals surface area contributed by atoms with E-state index >= 15 is 0 Å². The molecule has 22 heavy (non-hydrogen) atoms. The fourth-order valence-corrected chi connectivity index (χ4v) is 1.68. The van der Waals surface area contributed by atoms with Crippen LogP contribution in [0.1, 0.15) is 11.3 Å². The first-order valence-electron chi connectivity index (χ1n) is 6.64. The van der Waals surface area contributed by atoms with Gasteiger partial charge in [0.1, 0.15) is 11.6 Å². The molecule has 0 saturated carbocycles. The fourth-order valence-electron chi connectivity index (χ4n) is 1.68. The molecule has 1 aromatic heterocycles. The highest BCUT2D eigenvalue weighted by Crippen LogP contribution is 2.12. The van der Waals surface area contributed by atoms with Crippen LogP contribution in [0, 0.1) is 12.7 Å². The maximum absolute atomic E-state index is 13.3. The summed E-state index contributed by atoms with van der Waals surface area (Å²) in [7, 11) is 0. The van der Waals surface area contributed by atoms with Crippen LogP contribution in [0.5, 0.6) is 0 Å². The second kappa shape index (κ2) is 7.26. The lowest BCUT2D eigenvalue weighted by atomic mass is 10.2. The van der Waals surface area contributed by atoms with E-state index in [0.29, 0.717) is 17.0 Å². The van der Waals surface area contributed by atoms with Gasteiger partial charge in [-0.25, -0.2) is 9.18 Å². The first kappa shape index (κ1) is 15.6. The van der Waals surface area contributed by atoms with Crippen LogP contribution in [-0.4, -0.2) is 18.5 Å². The van der Waals surface area contributed by atoms with Crippen molar-refractivity contribution < 1.29 is 18.4 Å². The minimum absolute atomic E-state index is 0.142. The van der Waals surface area contributed by atoms with Crippen LogP contribution in [-0.2, 0) is 11.3 Å². The summed E-state index contributed by atoms with van der Waals surface area (Å²) in [6.07, 6.45) is 1.49. The van der Waals surface area contributed by atoms with Crippen LogP contribution in [0.25, 0.3) is 0 Å². The third-order valence-corrected chi connectivity index (χ3v) is 2.88. The highest BCUT2D eigenvalue weighted by atomic mass is 19.1. The van der Waals surface area contributed by atoms with Crippen LogP contribution in [0.2, 0.25) is 0 Å². The lowest BCUT2D eigenvalue weighted by molar-refractivity contribution is -0.118. The lowest BCUT2D eigenvalue weighted by Crippen LogP contribution is -2.41. The monoisotopic (exact) mass is 305 g/mol. The molecule has 0 saturated heterocycles. The number of benzene rings is 1. The van der Waals surface area contributed by atoms with Gasteiger partial charge in [-0.2, -0.15) is 0 Å². The van der Waals surface area contributed by atoms with Gasteiger partial charge in [0.25, 0.3) is 0 Å². The van der Waals surface area contributed by atoms with E-state index in [1.165, 1.54) is 12.3 Å². The highest BCUT2D eigenvalue weighted by Gasteiger charge is 2.08. The van der Waals surface area contributed by atoms with E-state index in [2.05, 4.69) is 16.0 Å². The Bertz CT molecular complexity index is 656. The van der Waals surface area contributed by atoms with Crippen molar-refractivity contribution in [2.24, 2.45) is 0 Å². The molecule has 0 unspecified atom stereocenters. The van der Waals surface area contributed by atoms with Crippen molar-refractivity contribution in [3.8, 4) is 0 Å². The van der Waals surface area contributed by atoms with Gasteiger partial charge in [-0.05, 0) is 36.8 Å². The molecule has 0 fully saturated rings. The van der Waals surface area contributed by atoms with Gasteiger partial charge in [-0.1, -0.05) is 6.07 Å². The van der Waals surface area contributed by atoms with E-state index in [0.717, 1.165) is 0 Å². The molecule has 6 nitrogen and oxygen atoms in total. The summed E-state index contributed by atoms with van der Waals surface area (Å²) < 4.78 is 18.4. The quantitative estimate of drug-likeness (QED) is 0.790. The summed E-state index contributed by atoms with van der Waals surface area (Å²) in [5.41, 5.74) is 0.988. The Balaban J connectivity index is 1.72. The van der Waals surface area contributed by atoms with E-state index in [4.69, 9.17) is 4.42 Å². The molecule has 3 N–H and O–H groups in total. The zero-order chi connectivity index (χ0) is 15.9. The molecule has 3 amide bonds. The predicted molar refractivity (Wildman–Crippen MR) is 78.7 cm³/mol. The van der Waals surface area contributed by atoms with Crippen molar-refractivity contribution >= 4 is 17.6 Å². The van der Waals surface area contributed by atoms with Crippen molar-refractivity contribution in [1.82, 2.24) is 10.6 Å². The van der Waals surface area contributed by atoms with Gasteiger partial charge < -0.3 is 15.1 Å². The maximum Gasteiger partial charge on any atom is 0.321 e.